The molecule has 1 aliphatic rings. The number of carbonyl (C=O) groups excluding carboxylic acids is 1. The molecule has 0 aromatic carbocycles. The fraction of sp³-hybridized carbons (Fsp3) is 0.174. The lowest BCUT2D eigenvalue weighted by Gasteiger charge is -2.26. The van der Waals surface area contributed by atoms with Gasteiger partial charge in [-0.25, -0.2) is 9.97 Å². The Morgan fingerprint density at radius 2 is 2.03 bits per heavy atom. The largest absolute Gasteiger partial charge is 0.472 e. The number of amides is 1. The number of fused-ring (bicyclic) bond motifs is 1. The van der Waals surface area contributed by atoms with Gasteiger partial charge in [-0.3, -0.25) is 9.20 Å². The van der Waals surface area contributed by atoms with E-state index in [0.29, 0.717) is 23.1 Å². The van der Waals surface area contributed by atoms with Crippen LogP contribution in [-0.2, 0) is 6.18 Å². The van der Waals surface area contributed by atoms with Gasteiger partial charge in [0.2, 0.25) is 5.95 Å². The molecule has 0 radical (unpaired) electrons. The summed E-state index contributed by atoms with van der Waals surface area (Å²) in [7, 11) is 0. The Balaban J connectivity index is 1.51. The SMILES string of the molecule is O=C(c1nc2c(C(F)(F)F)cc(-c3ccoc3)cn2c1Cl)N1CC=C(c2cccnc2F)CC1. The monoisotopic (exact) mass is 490 g/mol. The topological polar surface area (TPSA) is 63.6 Å². The summed E-state index contributed by atoms with van der Waals surface area (Å²) in [6.45, 7) is 0.342. The van der Waals surface area contributed by atoms with E-state index in [9.17, 15) is 22.4 Å². The second-order valence-electron chi connectivity index (χ2n) is 7.67. The van der Waals surface area contributed by atoms with Crippen LogP contribution in [0, 0.1) is 5.95 Å². The fourth-order valence-electron chi connectivity index (χ4n) is 3.92. The van der Waals surface area contributed by atoms with Crippen LogP contribution in [0.1, 0.15) is 28.0 Å². The Labute approximate surface area is 195 Å². The molecule has 5 heterocycles. The average molecular weight is 491 g/mol. The van der Waals surface area contributed by atoms with Crippen LogP contribution in [0.5, 0.6) is 0 Å². The molecule has 0 fully saturated rings. The van der Waals surface area contributed by atoms with Crippen molar-refractivity contribution in [2.45, 2.75) is 12.6 Å². The smallest absolute Gasteiger partial charge is 0.420 e. The number of hydrogen-bond donors (Lipinski definition) is 0. The predicted molar refractivity (Wildman–Crippen MR) is 116 cm³/mol. The van der Waals surface area contributed by atoms with Gasteiger partial charge in [0.1, 0.15) is 5.15 Å². The van der Waals surface area contributed by atoms with Crippen molar-refractivity contribution in [3.63, 3.8) is 0 Å². The second-order valence-corrected chi connectivity index (χ2v) is 8.03. The molecule has 1 aliphatic heterocycles. The first-order chi connectivity index (χ1) is 16.2. The molecular formula is C23H15ClF4N4O2. The molecule has 4 aromatic rings. The van der Waals surface area contributed by atoms with Crippen LogP contribution in [0.2, 0.25) is 5.15 Å². The molecule has 0 atom stereocenters. The molecule has 0 saturated carbocycles. The molecule has 34 heavy (non-hydrogen) atoms. The molecule has 4 aromatic heterocycles. The maximum Gasteiger partial charge on any atom is 0.420 e. The van der Waals surface area contributed by atoms with Crippen molar-refractivity contribution in [3.05, 3.63) is 83.2 Å². The third-order valence-corrected chi connectivity index (χ3v) is 5.99. The van der Waals surface area contributed by atoms with Gasteiger partial charge in [-0.2, -0.15) is 17.6 Å². The Morgan fingerprint density at radius 1 is 1.21 bits per heavy atom. The summed E-state index contributed by atoms with van der Waals surface area (Å²) >= 11 is 6.36. The van der Waals surface area contributed by atoms with Crippen molar-refractivity contribution >= 4 is 28.7 Å². The highest BCUT2D eigenvalue weighted by Crippen LogP contribution is 2.37. The molecule has 0 N–H and O–H groups in total. The minimum absolute atomic E-state index is 0.124. The molecule has 0 saturated heterocycles. The van der Waals surface area contributed by atoms with E-state index in [2.05, 4.69) is 9.97 Å². The van der Waals surface area contributed by atoms with Crippen molar-refractivity contribution in [1.29, 1.82) is 0 Å². The number of furan rings is 1. The third kappa shape index (κ3) is 3.83. The Kier molecular flexibility index (Phi) is 5.40. The Hall–Kier alpha value is -3.66. The number of carbonyl (C=O) groups is 1. The van der Waals surface area contributed by atoms with Gasteiger partial charge in [0.25, 0.3) is 5.91 Å². The van der Waals surface area contributed by atoms with Gasteiger partial charge in [-0.1, -0.05) is 17.7 Å². The number of rotatable bonds is 3. The third-order valence-electron chi connectivity index (χ3n) is 5.63. The quantitative estimate of drug-likeness (QED) is 0.272. The zero-order valence-electron chi connectivity index (χ0n) is 17.3. The molecule has 5 rings (SSSR count). The second kappa shape index (κ2) is 8.28. The summed E-state index contributed by atoms with van der Waals surface area (Å²) < 4.78 is 61.4. The summed E-state index contributed by atoms with van der Waals surface area (Å²) in [6, 6.07) is 5.67. The molecule has 0 unspecified atom stereocenters. The van der Waals surface area contributed by atoms with Crippen LogP contribution < -0.4 is 0 Å². The van der Waals surface area contributed by atoms with Crippen LogP contribution in [0.25, 0.3) is 22.3 Å². The van der Waals surface area contributed by atoms with E-state index >= 15 is 0 Å². The number of nitrogens with zero attached hydrogens (tertiary/aromatic N) is 4. The highest BCUT2D eigenvalue weighted by Gasteiger charge is 2.36. The van der Waals surface area contributed by atoms with E-state index in [1.807, 2.05) is 0 Å². The minimum Gasteiger partial charge on any atom is -0.472 e. The van der Waals surface area contributed by atoms with Crippen LogP contribution in [-0.4, -0.2) is 38.3 Å². The highest BCUT2D eigenvalue weighted by molar-refractivity contribution is 6.33. The van der Waals surface area contributed by atoms with Gasteiger partial charge in [0, 0.05) is 42.2 Å². The average Bonchev–Trinajstić information content (AvgIpc) is 3.47. The van der Waals surface area contributed by atoms with Gasteiger partial charge < -0.3 is 9.32 Å². The van der Waals surface area contributed by atoms with E-state index in [-0.39, 0.29) is 29.5 Å². The summed E-state index contributed by atoms with van der Waals surface area (Å²) in [5.74, 6) is -1.22. The molecule has 1 amide bonds. The summed E-state index contributed by atoms with van der Waals surface area (Å²) in [5, 5.41) is -0.232. The van der Waals surface area contributed by atoms with Crippen molar-refractivity contribution < 1.29 is 26.8 Å². The van der Waals surface area contributed by atoms with Crippen LogP contribution in [0.15, 0.2) is 59.7 Å². The first-order valence-electron chi connectivity index (χ1n) is 10.1. The summed E-state index contributed by atoms with van der Waals surface area (Å²) in [4.78, 5) is 22.1. The van der Waals surface area contributed by atoms with E-state index in [0.717, 1.165) is 10.5 Å². The van der Waals surface area contributed by atoms with Crippen molar-refractivity contribution in [3.8, 4) is 11.1 Å². The summed E-state index contributed by atoms with van der Waals surface area (Å²) in [6.07, 6.45) is 2.67. The number of alkyl halides is 3. The summed E-state index contributed by atoms with van der Waals surface area (Å²) in [5.41, 5.74) is -0.126. The maximum atomic E-state index is 14.0. The molecule has 0 spiro atoms. The lowest BCUT2D eigenvalue weighted by atomic mass is 10.0. The number of imidazole rings is 1. The van der Waals surface area contributed by atoms with Crippen molar-refractivity contribution in [2.24, 2.45) is 0 Å². The standard InChI is InChI=1S/C23H15ClF4N4O2/c24-19-18(22(33)31-7-3-13(4-8-31)16-2-1-6-29-20(16)25)30-21-17(23(26,27)28)10-15(11-32(19)21)14-5-9-34-12-14/h1-3,5-6,9-12H,4,7-8H2. The number of aromatic nitrogens is 3. The van der Waals surface area contributed by atoms with E-state index < -0.39 is 29.2 Å². The highest BCUT2D eigenvalue weighted by atomic mass is 35.5. The molecule has 0 bridgehead atoms. The molecule has 11 heteroatoms. The lowest BCUT2D eigenvalue weighted by molar-refractivity contribution is -0.136. The molecule has 174 valence electrons. The van der Waals surface area contributed by atoms with Crippen LogP contribution in [0.4, 0.5) is 17.6 Å². The molecule has 0 aliphatic carbocycles. The Bertz CT molecular complexity index is 1430. The Morgan fingerprint density at radius 3 is 2.68 bits per heavy atom. The molecule has 6 nitrogen and oxygen atoms in total. The van der Waals surface area contributed by atoms with E-state index in [1.165, 1.54) is 35.9 Å². The van der Waals surface area contributed by atoms with Gasteiger partial charge >= 0.3 is 6.18 Å². The maximum absolute atomic E-state index is 14.0. The van der Waals surface area contributed by atoms with E-state index in [4.69, 9.17) is 16.0 Å². The first kappa shape index (κ1) is 22.1. The van der Waals surface area contributed by atoms with Gasteiger partial charge in [-0.15, -0.1) is 0 Å². The molecular weight excluding hydrogens is 476 g/mol. The predicted octanol–water partition coefficient (Wildman–Crippen LogP) is 5.73. The van der Waals surface area contributed by atoms with Crippen LogP contribution in [0.3, 0.4) is 0 Å². The van der Waals surface area contributed by atoms with Crippen molar-refractivity contribution in [1.82, 2.24) is 19.3 Å². The lowest BCUT2D eigenvalue weighted by Crippen LogP contribution is -2.35. The normalized spacial score (nSPS) is 14.5. The van der Waals surface area contributed by atoms with Gasteiger partial charge in [-0.05, 0) is 36.3 Å². The number of pyridine rings is 2. The number of halogens is 5. The zero-order chi connectivity index (χ0) is 24.0. The zero-order valence-corrected chi connectivity index (χ0v) is 18.1. The van der Waals surface area contributed by atoms with Crippen molar-refractivity contribution in [2.75, 3.05) is 13.1 Å². The van der Waals surface area contributed by atoms with Crippen LogP contribution >= 0.6 is 11.6 Å². The first-order valence-corrected chi connectivity index (χ1v) is 10.5. The number of hydrogen-bond acceptors (Lipinski definition) is 4. The van der Waals surface area contributed by atoms with E-state index in [1.54, 1.807) is 18.2 Å². The minimum atomic E-state index is -4.73. The van der Waals surface area contributed by atoms with Gasteiger partial charge in [0.15, 0.2) is 11.3 Å². The van der Waals surface area contributed by atoms with Gasteiger partial charge in [0.05, 0.1) is 18.1 Å². The fourth-order valence-corrected chi connectivity index (χ4v) is 4.17.